The molecule has 0 saturated carbocycles. The van der Waals surface area contributed by atoms with Crippen LogP contribution in [0.2, 0.25) is 0 Å². The third kappa shape index (κ3) is 2.66. The van der Waals surface area contributed by atoms with Crippen LogP contribution in [0.25, 0.3) is 10.8 Å². The lowest BCUT2D eigenvalue weighted by atomic mass is 10.1. The van der Waals surface area contributed by atoms with Gasteiger partial charge in [0.2, 0.25) is 5.91 Å². The highest BCUT2D eigenvalue weighted by Crippen LogP contribution is 2.41. The Morgan fingerprint density at radius 2 is 1.91 bits per heavy atom. The Labute approximate surface area is 135 Å². The lowest BCUT2D eigenvalue weighted by Crippen LogP contribution is -2.43. The van der Waals surface area contributed by atoms with Crippen molar-refractivity contribution in [3.05, 3.63) is 36.4 Å². The van der Waals surface area contributed by atoms with Crippen molar-refractivity contribution in [3.63, 3.8) is 0 Å². The van der Waals surface area contributed by atoms with Crippen molar-refractivity contribution >= 4 is 32.4 Å². The summed E-state index contributed by atoms with van der Waals surface area (Å²) in [5.41, 5.74) is 0.565. The van der Waals surface area contributed by atoms with E-state index in [0.717, 1.165) is 5.39 Å². The number of rotatable bonds is 5. The third-order valence-electron chi connectivity index (χ3n) is 4.07. The molecule has 0 aromatic heterocycles. The van der Waals surface area contributed by atoms with Crippen LogP contribution in [0, 0.1) is 0 Å². The Balaban J connectivity index is 1.90. The predicted molar refractivity (Wildman–Crippen MR) is 90.0 cm³/mol. The lowest BCUT2D eigenvalue weighted by molar-refractivity contribution is -0.119. The van der Waals surface area contributed by atoms with Crippen molar-refractivity contribution < 1.29 is 13.2 Å². The number of benzene rings is 2. The first-order valence-electron chi connectivity index (χ1n) is 7.43. The molecular weight excluding hydrogens is 314 g/mol. The SMILES string of the molecule is CNC(C)CNC(=O)CN1c2cccc3cccc(c23)S1(=O)=O. The standard InChI is InChI=1S/C16H19N3O3S/c1-11(17-2)9-18-15(20)10-19-13-7-3-5-12-6-4-8-14(16(12)13)23(19,21)22/h3-8,11,17H,9-10H2,1-2H3,(H,18,20). The quantitative estimate of drug-likeness (QED) is 0.858. The summed E-state index contributed by atoms with van der Waals surface area (Å²) >= 11 is 0. The fraction of sp³-hybridized carbons (Fsp3) is 0.312. The zero-order chi connectivity index (χ0) is 16.6. The number of anilines is 1. The average molecular weight is 333 g/mol. The number of carbonyl (C=O) groups is 1. The summed E-state index contributed by atoms with van der Waals surface area (Å²) < 4.78 is 26.6. The van der Waals surface area contributed by atoms with E-state index in [1.54, 1.807) is 31.3 Å². The zero-order valence-electron chi connectivity index (χ0n) is 13.0. The number of nitrogens with one attached hydrogen (secondary N) is 2. The Morgan fingerprint density at radius 3 is 2.61 bits per heavy atom. The minimum absolute atomic E-state index is 0.120. The smallest absolute Gasteiger partial charge is 0.265 e. The van der Waals surface area contributed by atoms with Gasteiger partial charge in [0, 0.05) is 18.0 Å². The minimum Gasteiger partial charge on any atom is -0.353 e. The van der Waals surface area contributed by atoms with Gasteiger partial charge in [-0.05, 0) is 31.5 Å². The predicted octanol–water partition coefficient (Wildman–Crippen LogP) is 1.07. The molecule has 0 fully saturated rings. The summed E-state index contributed by atoms with van der Waals surface area (Å²) in [5, 5.41) is 7.31. The number of likely N-dealkylation sites (N-methyl/N-ethyl adjacent to an activating group) is 1. The maximum Gasteiger partial charge on any atom is 0.265 e. The van der Waals surface area contributed by atoms with E-state index in [4.69, 9.17) is 0 Å². The van der Waals surface area contributed by atoms with Crippen LogP contribution in [0.5, 0.6) is 0 Å². The maximum absolute atomic E-state index is 12.7. The van der Waals surface area contributed by atoms with E-state index in [1.807, 2.05) is 19.1 Å². The Bertz CT molecular complexity index is 859. The summed E-state index contributed by atoms with van der Waals surface area (Å²) in [7, 11) is -1.88. The van der Waals surface area contributed by atoms with Gasteiger partial charge in [-0.2, -0.15) is 0 Å². The van der Waals surface area contributed by atoms with E-state index in [0.29, 0.717) is 17.6 Å². The second-order valence-electron chi connectivity index (χ2n) is 5.64. The van der Waals surface area contributed by atoms with Crippen LogP contribution in [0.3, 0.4) is 0 Å². The van der Waals surface area contributed by atoms with E-state index in [2.05, 4.69) is 10.6 Å². The summed E-state index contributed by atoms with van der Waals surface area (Å²) in [5.74, 6) is -0.319. The molecule has 1 heterocycles. The molecule has 0 bridgehead atoms. The second kappa shape index (κ2) is 5.82. The molecule has 1 atom stereocenters. The average Bonchev–Trinajstić information content (AvgIpc) is 2.76. The van der Waals surface area contributed by atoms with E-state index in [9.17, 15) is 13.2 Å². The molecular formula is C16H19N3O3S. The van der Waals surface area contributed by atoms with Crippen LogP contribution in [0.1, 0.15) is 6.92 Å². The minimum atomic E-state index is -3.68. The van der Waals surface area contributed by atoms with Gasteiger partial charge in [-0.15, -0.1) is 0 Å². The fourth-order valence-corrected chi connectivity index (χ4v) is 4.35. The summed E-state index contributed by atoms with van der Waals surface area (Å²) in [6.45, 7) is 2.16. The molecule has 2 aromatic rings. The molecule has 0 aliphatic carbocycles. The molecule has 1 unspecified atom stereocenters. The van der Waals surface area contributed by atoms with Crippen molar-refractivity contribution in [2.75, 3.05) is 24.4 Å². The largest absolute Gasteiger partial charge is 0.353 e. The number of sulfonamides is 1. The van der Waals surface area contributed by atoms with Crippen LogP contribution < -0.4 is 14.9 Å². The first-order chi connectivity index (χ1) is 10.9. The van der Waals surface area contributed by atoms with Gasteiger partial charge >= 0.3 is 0 Å². The van der Waals surface area contributed by atoms with Crippen LogP contribution in [-0.4, -0.2) is 40.5 Å². The highest BCUT2D eigenvalue weighted by molar-refractivity contribution is 7.93. The van der Waals surface area contributed by atoms with Crippen LogP contribution in [0.4, 0.5) is 5.69 Å². The van der Waals surface area contributed by atoms with Gasteiger partial charge in [-0.3, -0.25) is 9.10 Å². The van der Waals surface area contributed by atoms with Crippen molar-refractivity contribution in [1.29, 1.82) is 0 Å². The van der Waals surface area contributed by atoms with Crippen LogP contribution in [0.15, 0.2) is 41.3 Å². The van der Waals surface area contributed by atoms with Crippen LogP contribution >= 0.6 is 0 Å². The summed E-state index contributed by atoms with van der Waals surface area (Å²) in [6.07, 6.45) is 0. The third-order valence-corrected chi connectivity index (χ3v) is 5.87. The highest BCUT2D eigenvalue weighted by atomic mass is 32.2. The van der Waals surface area contributed by atoms with Gasteiger partial charge in [0.15, 0.2) is 0 Å². The van der Waals surface area contributed by atoms with Gasteiger partial charge in [0.25, 0.3) is 10.0 Å². The Kier molecular flexibility index (Phi) is 3.99. The van der Waals surface area contributed by atoms with Gasteiger partial charge in [0.1, 0.15) is 6.54 Å². The molecule has 23 heavy (non-hydrogen) atoms. The summed E-state index contributed by atoms with van der Waals surface area (Å²) in [4.78, 5) is 12.4. The molecule has 2 N–H and O–H groups in total. The van der Waals surface area contributed by atoms with E-state index in [1.165, 1.54) is 4.31 Å². The number of hydrogen-bond acceptors (Lipinski definition) is 4. The van der Waals surface area contributed by atoms with E-state index >= 15 is 0 Å². The van der Waals surface area contributed by atoms with E-state index in [-0.39, 0.29) is 23.4 Å². The molecule has 2 aromatic carbocycles. The van der Waals surface area contributed by atoms with Gasteiger partial charge in [-0.25, -0.2) is 8.42 Å². The molecule has 6 nitrogen and oxygen atoms in total. The van der Waals surface area contributed by atoms with Gasteiger partial charge in [0.05, 0.1) is 10.6 Å². The zero-order valence-corrected chi connectivity index (χ0v) is 13.9. The second-order valence-corrected chi connectivity index (χ2v) is 7.47. The van der Waals surface area contributed by atoms with E-state index < -0.39 is 10.0 Å². The molecule has 3 rings (SSSR count). The van der Waals surface area contributed by atoms with Crippen LogP contribution in [-0.2, 0) is 14.8 Å². The summed E-state index contributed by atoms with van der Waals surface area (Å²) in [6, 6.07) is 10.7. The normalized spacial score (nSPS) is 16.5. The molecule has 122 valence electrons. The number of carbonyl (C=O) groups excluding carboxylic acids is 1. The molecule has 0 spiro atoms. The Hall–Kier alpha value is -2.12. The molecule has 0 saturated heterocycles. The van der Waals surface area contributed by atoms with Crippen molar-refractivity contribution in [2.24, 2.45) is 0 Å². The van der Waals surface area contributed by atoms with Crippen molar-refractivity contribution in [3.8, 4) is 0 Å². The fourth-order valence-electron chi connectivity index (χ4n) is 2.68. The molecule has 1 aliphatic heterocycles. The molecule has 0 radical (unpaired) electrons. The van der Waals surface area contributed by atoms with Crippen molar-refractivity contribution in [1.82, 2.24) is 10.6 Å². The number of nitrogens with zero attached hydrogens (tertiary/aromatic N) is 1. The first kappa shape index (κ1) is 15.8. The first-order valence-corrected chi connectivity index (χ1v) is 8.87. The molecule has 1 amide bonds. The van der Waals surface area contributed by atoms with Gasteiger partial charge in [-0.1, -0.05) is 24.3 Å². The Morgan fingerprint density at radius 1 is 1.22 bits per heavy atom. The molecule has 7 heteroatoms. The lowest BCUT2D eigenvalue weighted by Gasteiger charge is -2.19. The van der Waals surface area contributed by atoms with Gasteiger partial charge < -0.3 is 10.6 Å². The number of hydrogen-bond donors (Lipinski definition) is 2. The maximum atomic E-state index is 12.7. The topological polar surface area (TPSA) is 78.5 Å². The monoisotopic (exact) mass is 333 g/mol. The highest BCUT2D eigenvalue weighted by Gasteiger charge is 2.36. The number of amides is 1. The van der Waals surface area contributed by atoms with Crippen molar-refractivity contribution in [2.45, 2.75) is 17.9 Å². The molecule has 1 aliphatic rings.